The lowest BCUT2D eigenvalue weighted by atomic mass is 9.97. The number of aromatic nitrogens is 2. The molecule has 194 valence electrons. The van der Waals surface area contributed by atoms with E-state index in [9.17, 15) is 18.0 Å². The first-order valence-corrected chi connectivity index (χ1v) is 11.3. The number of pyridine rings is 1. The fraction of sp³-hybridized carbons (Fsp3) is 0.269. The van der Waals surface area contributed by atoms with E-state index in [4.69, 9.17) is 19.6 Å². The standard InChI is InChI=1S/C26H25F3N4O4/c1-14(15-6-4-5-7-18(15)35-2)13-31-24(34)23-20(12-30)37-25(33-23)17-8-10-19(36-3)22-16(17)9-11-21(32-22)26(27,28)29/h5,7-11H,1,4,6,12-13,30H2,2-3H3,(H,31,34). The topological polar surface area (TPSA) is 112 Å². The number of nitrogens with one attached hydrogen (secondary N) is 1. The predicted octanol–water partition coefficient (Wildman–Crippen LogP) is 4.91. The molecule has 0 unspecified atom stereocenters. The van der Waals surface area contributed by atoms with Gasteiger partial charge < -0.3 is 24.9 Å². The van der Waals surface area contributed by atoms with Crippen LogP contribution < -0.4 is 15.8 Å². The van der Waals surface area contributed by atoms with E-state index in [1.165, 1.54) is 19.2 Å². The van der Waals surface area contributed by atoms with Gasteiger partial charge in [-0.2, -0.15) is 13.2 Å². The molecule has 1 amide bonds. The van der Waals surface area contributed by atoms with Crippen LogP contribution in [0.2, 0.25) is 0 Å². The first kappa shape index (κ1) is 26.0. The number of halogens is 3. The fourth-order valence-electron chi connectivity index (χ4n) is 4.05. The summed E-state index contributed by atoms with van der Waals surface area (Å²) in [6.45, 7) is 4.09. The summed E-state index contributed by atoms with van der Waals surface area (Å²) in [6, 6.07) is 5.15. The highest BCUT2D eigenvalue weighted by Gasteiger charge is 2.33. The van der Waals surface area contributed by atoms with Crippen LogP contribution in [0.1, 0.15) is 34.8 Å². The van der Waals surface area contributed by atoms with Gasteiger partial charge in [-0.1, -0.05) is 12.7 Å². The molecule has 8 nitrogen and oxygen atoms in total. The van der Waals surface area contributed by atoms with Gasteiger partial charge in [0.25, 0.3) is 5.91 Å². The summed E-state index contributed by atoms with van der Waals surface area (Å²) >= 11 is 0. The van der Waals surface area contributed by atoms with Crippen molar-refractivity contribution in [3.8, 4) is 17.2 Å². The largest absolute Gasteiger partial charge is 0.496 e. The van der Waals surface area contributed by atoms with E-state index in [0.29, 0.717) is 22.3 Å². The molecule has 1 aliphatic carbocycles. The van der Waals surface area contributed by atoms with Crippen LogP contribution in [-0.2, 0) is 17.5 Å². The number of hydrogen-bond donors (Lipinski definition) is 2. The summed E-state index contributed by atoms with van der Waals surface area (Å²) < 4.78 is 56.1. The third kappa shape index (κ3) is 5.21. The number of nitrogens with zero attached hydrogens (tertiary/aromatic N) is 2. The number of nitrogens with two attached hydrogens (primary N) is 1. The van der Waals surface area contributed by atoms with Gasteiger partial charge in [-0.15, -0.1) is 0 Å². The number of alkyl halides is 3. The smallest absolute Gasteiger partial charge is 0.433 e. The quantitative estimate of drug-likeness (QED) is 0.439. The average Bonchev–Trinajstić information content (AvgIpc) is 3.34. The highest BCUT2D eigenvalue weighted by molar-refractivity contribution is 5.98. The number of carbonyl (C=O) groups excluding carboxylic acids is 1. The Bertz CT molecular complexity index is 1420. The molecule has 0 radical (unpaired) electrons. The van der Waals surface area contributed by atoms with Crippen molar-refractivity contribution < 1.29 is 31.9 Å². The van der Waals surface area contributed by atoms with Gasteiger partial charge in [0.05, 0.1) is 20.8 Å². The van der Waals surface area contributed by atoms with Gasteiger partial charge in [0.1, 0.15) is 22.7 Å². The number of methoxy groups -OCH3 is 2. The van der Waals surface area contributed by atoms with Crippen molar-refractivity contribution in [2.24, 2.45) is 5.73 Å². The lowest BCUT2D eigenvalue weighted by Crippen LogP contribution is -2.27. The molecule has 0 spiro atoms. The number of fused-ring (bicyclic) bond motifs is 1. The molecule has 0 fully saturated rings. The molecule has 4 rings (SSSR count). The van der Waals surface area contributed by atoms with E-state index in [1.807, 2.05) is 12.2 Å². The van der Waals surface area contributed by atoms with Gasteiger partial charge >= 0.3 is 6.18 Å². The third-order valence-corrected chi connectivity index (χ3v) is 5.90. The monoisotopic (exact) mass is 514 g/mol. The van der Waals surface area contributed by atoms with E-state index in [0.717, 1.165) is 24.5 Å². The number of oxazole rings is 1. The zero-order valence-corrected chi connectivity index (χ0v) is 20.2. The number of hydrogen-bond acceptors (Lipinski definition) is 7. The maximum absolute atomic E-state index is 13.2. The molecule has 1 aromatic carbocycles. The van der Waals surface area contributed by atoms with Crippen molar-refractivity contribution in [2.45, 2.75) is 25.6 Å². The van der Waals surface area contributed by atoms with Crippen molar-refractivity contribution in [1.82, 2.24) is 15.3 Å². The van der Waals surface area contributed by atoms with Crippen molar-refractivity contribution in [1.29, 1.82) is 0 Å². The molecular formula is C26H25F3N4O4. The minimum absolute atomic E-state index is 0.0143. The Morgan fingerprint density at radius 2 is 1.97 bits per heavy atom. The molecule has 0 saturated carbocycles. The molecule has 0 bridgehead atoms. The van der Waals surface area contributed by atoms with Crippen LogP contribution in [0.25, 0.3) is 22.4 Å². The van der Waals surface area contributed by atoms with E-state index in [1.54, 1.807) is 13.2 Å². The second kappa shape index (κ2) is 10.5. The molecule has 0 saturated heterocycles. The molecule has 1 aliphatic rings. The fourth-order valence-corrected chi connectivity index (χ4v) is 4.05. The molecule has 11 heteroatoms. The minimum Gasteiger partial charge on any atom is -0.496 e. The van der Waals surface area contributed by atoms with Gasteiger partial charge in [0, 0.05) is 17.5 Å². The second-order valence-corrected chi connectivity index (χ2v) is 8.17. The Balaban J connectivity index is 1.65. The van der Waals surface area contributed by atoms with E-state index in [2.05, 4.69) is 21.9 Å². The van der Waals surface area contributed by atoms with Crippen LogP contribution >= 0.6 is 0 Å². The van der Waals surface area contributed by atoms with Gasteiger partial charge in [0.2, 0.25) is 5.89 Å². The summed E-state index contributed by atoms with van der Waals surface area (Å²) in [5.74, 6) is 0.456. The van der Waals surface area contributed by atoms with Crippen molar-refractivity contribution in [3.05, 3.63) is 77.0 Å². The van der Waals surface area contributed by atoms with Crippen LogP contribution in [0, 0.1) is 0 Å². The minimum atomic E-state index is -4.63. The van der Waals surface area contributed by atoms with Gasteiger partial charge in [-0.25, -0.2) is 9.97 Å². The highest BCUT2D eigenvalue weighted by Crippen LogP contribution is 2.37. The summed E-state index contributed by atoms with van der Waals surface area (Å²) in [5.41, 5.74) is 6.63. The Labute approximate surface area is 210 Å². The summed E-state index contributed by atoms with van der Waals surface area (Å²) in [7, 11) is 2.91. The maximum Gasteiger partial charge on any atom is 0.433 e. The van der Waals surface area contributed by atoms with Crippen LogP contribution in [0.3, 0.4) is 0 Å². The normalized spacial score (nSPS) is 13.7. The van der Waals surface area contributed by atoms with Crippen molar-refractivity contribution >= 4 is 16.8 Å². The molecule has 3 N–H and O–H groups in total. The maximum atomic E-state index is 13.2. The number of benzene rings is 1. The summed E-state index contributed by atoms with van der Waals surface area (Å²) in [4.78, 5) is 21.0. The zero-order chi connectivity index (χ0) is 26.7. The lowest BCUT2D eigenvalue weighted by Gasteiger charge is -2.17. The number of rotatable bonds is 8. The number of ether oxygens (including phenoxy) is 2. The van der Waals surface area contributed by atoms with Crippen molar-refractivity contribution in [3.63, 3.8) is 0 Å². The van der Waals surface area contributed by atoms with E-state index >= 15 is 0 Å². The Hall–Kier alpha value is -4.12. The first-order valence-electron chi connectivity index (χ1n) is 11.3. The van der Waals surface area contributed by atoms with Crippen LogP contribution in [0.5, 0.6) is 5.75 Å². The van der Waals surface area contributed by atoms with Gasteiger partial charge in [-0.3, -0.25) is 4.79 Å². The zero-order valence-electron chi connectivity index (χ0n) is 20.2. The number of carbonyl (C=O) groups is 1. The Kier molecular flexibility index (Phi) is 7.35. The second-order valence-electron chi connectivity index (χ2n) is 8.17. The van der Waals surface area contributed by atoms with Crippen LogP contribution in [0.4, 0.5) is 13.2 Å². The summed E-state index contributed by atoms with van der Waals surface area (Å²) in [5, 5.41) is 3.08. The third-order valence-electron chi connectivity index (χ3n) is 5.90. The molecule has 37 heavy (non-hydrogen) atoms. The molecular weight excluding hydrogens is 489 g/mol. The van der Waals surface area contributed by atoms with E-state index in [-0.39, 0.29) is 41.7 Å². The number of allylic oxidation sites excluding steroid dienone is 2. The lowest BCUT2D eigenvalue weighted by molar-refractivity contribution is -0.140. The Morgan fingerprint density at radius 1 is 1.19 bits per heavy atom. The average molecular weight is 515 g/mol. The van der Waals surface area contributed by atoms with Crippen LogP contribution in [-0.4, -0.2) is 36.6 Å². The van der Waals surface area contributed by atoms with Crippen LogP contribution in [0.15, 0.2) is 64.3 Å². The number of amides is 1. The molecule has 0 atom stereocenters. The van der Waals surface area contributed by atoms with Gasteiger partial charge in [0.15, 0.2) is 11.5 Å². The SMILES string of the molecule is C=C(CNC(=O)c1nc(-c2ccc(OC)c3nc(C(F)(F)F)ccc23)oc1CN)C1=C(OC)C=CCC1. The summed E-state index contributed by atoms with van der Waals surface area (Å²) in [6.07, 6.45) is 0.822. The van der Waals surface area contributed by atoms with E-state index < -0.39 is 17.8 Å². The molecule has 0 aliphatic heterocycles. The predicted molar refractivity (Wildman–Crippen MR) is 131 cm³/mol. The molecule has 2 aromatic heterocycles. The van der Waals surface area contributed by atoms with Gasteiger partial charge in [-0.05, 0) is 54.3 Å². The highest BCUT2D eigenvalue weighted by atomic mass is 19.4. The molecule has 3 aromatic rings. The molecule has 2 heterocycles. The Morgan fingerprint density at radius 3 is 2.65 bits per heavy atom. The first-order chi connectivity index (χ1) is 17.7. The van der Waals surface area contributed by atoms with Crippen molar-refractivity contribution in [2.75, 3.05) is 20.8 Å².